The van der Waals surface area contributed by atoms with Crippen molar-refractivity contribution in [2.75, 3.05) is 5.32 Å². The lowest BCUT2D eigenvalue weighted by molar-refractivity contribution is 0.100. The van der Waals surface area contributed by atoms with E-state index in [9.17, 15) is 9.59 Å². The van der Waals surface area contributed by atoms with E-state index in [1.54, 1.807) is 12.1 Å². The van der Waals surface area contributed by atoms with Crippen molar-refractivity contribution in [3.63, 3.8) is 0 Å². The number of benzene rings is 1. The smallest absolute Gasteiger partial charge is 0.266 e. The molecule has 0 aliphatic carbocycles. The Morgan fingerprint density at radius 2 is 1.87 bits per heavy atom. The highest BCUT2D eigenvalue weighted by Gasteiger charge is 2.17. The molecule has 2 aromatic heterocycles. The molecule has 23 heavy (non-hydrogen) atoms. The standard InChI is InChI=1S/C17H14N2O2S2/c18-15(20)13-10-12(9-11-5-2-1-3-6-11)23-17(13)19-16(21)14-7-4-8-22-14/h1-8,10H,9H2,(H2,18,20)(H,19,21). The van der Waals surface area contributed by atoms with Gasteiger partial charge in [0.1, 0.15) is 5.00 Å². The summed E-state index contributed by atoms with van der Waals surface area (Å²) in [6, 6.07) is 15.2. The first-order valence-corrected chi connectivity index (χ1v) is 8.64. The zero-order valence-electron chi connectivity index (χ0n) is 12.1. The molecule has 0 fully saturated rings. The molecular formula is C17H14N2O2S2. The SMILES string of the molecule is NC(=O)c1cc(Cc2ccccc2)sc1NC(=O)c1cccs1. The van der Waals surface area contributed by atoms with Crippen molar-refractivity contribution in [2.24, 2.45) is 5.73 Å². The molecule has 0 saturated heterocycles. The summed E-state index contributed by atoms with van der Waals surface area (Å²) in [6.07, 6.45) is 0.695. The Labute approximate surface area is 141 Å². The number of hydrogen-bond donors (Lipinski definition) is 2. The molecule has 3 aromatic rings. The van der Waals surface area contributed by atoms with Gasteiger partial charge >= 0.3 is 0 Å². The summed E-state index contributed by atoms with van der Waals surface area (Å²) in [5.74, 6) is -0.766. The Hall–Kier alpha value is -2.44. The van der Waals surface area contributed by atoms with E-state index in [4.69, 9.17) is 5.73 Å². The molecule has 116 valence electrons. The number of thiophene rings is 2. The van der Waals surface area contributed by atoms with Gasteiger partial charge in [-0.3, -0.25) is 9.59 Å². The van der Waals surface area contributed by atoms with E-state index in [1.807, 2.05) is 41.8 Å². The summed E-state index contributed by atoms with van der Waals surface area (Å²) in [6.45, 7) is 0. The third-order valence-corrected chi connectivity index (χ3v) is 5.16. The van der Waals surface area contributed by atoms with E-state index in [1.165, 1.54) is 22.7 Å². The number of primary amides is 1. The van der Waals surface area contributed by atoms with Crippen LogP contribution in [-0.4, -0.2) is 11.8 Å². The fourth-order valence-electron chi connectivity index (χ4n) is 2.17. The quantitative estimate of drug-likeness (QED) is 0.741. The van der Waals surface area contributed by atoms with Crippen LogP contribution in [0.3, 0.4) is 0 Å². The van der Waals surface area contributed by atoms with Crippen LogP contribution >= 0.6 is 22.7 Å². The Morgan fingerprint density at radius 3 is 2.52 bits per heavy atom. The number of carbonyl (C=O) groups is 2. The van der Waals surface area contributed by atoms with Crippen molar-refractivity contribution in [2.45, 2.75) is 6.42 Å². The van der Waals surface area contributed by atoms with Crippen LogP contribution in [0.4, 0.5) is 5.00 Å². The molecule has 3 rings (SSSR count). The predicted octanol–water partition coefficient (Wildman–Crippen LogP) is 3.75. The fraction of sp³-hybridized carbons (Fsp3) is 0.0588. The van der Waals surface area contributed by atoms with Crippen LogP contribution in [0.15, 0.2) is 53.9 Å². The van der Waals surface area contributed by atoms with Crippen molar-refractivity contribution in [3.8, 4) is 0 Å². The molecule has 0 aliphatic rings. The highest BCUT2D eigenvalue weighted by atomic mass is 32.1. The van der Waals surface area contributed by atoms with Crippen LogP contribution in [0.1, 0.15) is 30.5 Å². The molecule has 6 heteroatoms. The second-order valence-electron chi connectivity index (χ2n) is 4.91. The zero-order chi connectivity index (χ0) is 16.2. The summed E-state index contributed by atoms with van der Waals surface area (Å²) in [4.78, 5) is 25.4. The molecule has 4 nitrogen and oxygen atoms in total. The number of rotatable bonds is 5. The Balaban J connectivity index is 1.84. The molecule has 0 atom stereocenters. The van der Waals surface area contributed by atoms with Gasteiger partial charge in [-0.2, -0.15) is 0 Å². The van der Waals surface area contributed by atoms with Crippen molar-refractivity contribution >= 4 is 39.5 Å². The molecule has 2 amide bonds. The van der Waals surface area contributed by atoms with Gasteiger partial charge in [0.05, 0.1) is 10.4 Å². The Morgan fingerprint density at radius 1 is 1.09 bits per heavy atom. The lowest BCUT2D eigenvalue weighted by Crippen LogP contribution is -2.15. The average molecular weight is 342 g/mol. The maximum Gasteiger partial charge on any atom is 0.266 e. The van der Waals surface area contributed by atoms with Gasteiger partial charge in [0.2, 0.25) is 0 Å². The Bertz CT molecular complexity index is 824. The van der Waals surface area contributed by atoms with Gasteiger partial charge in [0.15, 0.2) is 0 Å². The summed E-state index contributed by atoms with van der Waals surface area (Å²) in [5, 5.41) is 5.12. The van der Waals surface area contributed by atoms with Crippen molar-refractivity contribution in [1.82, 2.24) is 0 Å². The van der Waals surface area contributed by atoms with Gasteiger partial charge in [0, 0.05) is 11.3 Å². The normalized spacial score (nSPS) is 10.4. The minimum absolute atomic E-state index is 0.226. The molecule has 0 spiro atoms. The number of hydrogen-bond acceptors (Lipinski definition) is 4. The third-order valence-electron chi connectivity index (χ3n) is 3.24. The second-order valence-corrected chi connectivity index (χ2v) is 7.00. The first-order chi connectivity index (χ1) is 11.1. The number of carbonyl (C=O) groups excluding carboxylic acids is 2. The van der Waals surface area contributed by atoms with Crippen molar-refractivity contribution < 1.29 is 9.59 Å². The number of anilines is 1. The maximum atomic E-state index is 12.2. The van der Waals surface area contributed by atoms with Crippen LogP contribution in [0.2, 0.25) is 0 Å². The third kappa shape index (κ3) is 3.67. The number of nitrogens with two attached hydrogens (primary N) is 1. The van der Waals surface area contributed by atoms with Gasteiger partial charge in [-0.25, -0.2) is 0 Å². The topological polar surface area (TPSA) is 72.2 Å². The van der Waals surface area contributed by atoms with Gasteiger partial charge in [-0.1, -0.05) is 36.4 Å². The minimum atomic E-state index is -0.540. The molecule has 0 saturated carbocycles. The van der Waals surface area contributed by atoms with E-state index >= 15 is 0 Å². The van der Waals surface area contributed by atoms with Gasteiger partial charge in [0.25, 0.3) is 11.8 Å². The summed E-state index contributed by atoms with van der Waals surface area (Å²) in [7, 11) is 0. The lowest BCUT2D eigenvalue weighted by Gasteiger charge is -2.02. The van der Waals surface area contributed by atoms with Crippen LogP contribution in [0.25, 0.3) is 0 Å². The molecule has 0 aliphatic heterocycles. The summed E-state index contributed by atoms with van der Waals surface area (Å²) < 4.78 is 0. The predicted molar refractivity (Wildman–Crippen MR) is 94.4 cm³/mol. The average Bonchev–Trinajstić information content (AvgIpc) is 3.18. The summed E-state index contributed by atoms with van der Waals surface area (Å²) in [5.41, 5.74) is 6.93. The zero-order valence-corrected chi connectivity index (χ0v) is 13.7. The maximum absolute atomic E-state index is 12.2. The fourth-order valence-corrected chi connectivity index (χ4v) is 3.88. The van der Waals surface area contributed by atoms with Crippen molar-refractivity contribution in [3.05, 3.63) is 74.8 Å². The summed E-state index contributed by atoms with van der Waals surface area (Å²) >= 11 is 2.73. The van der Waals surface area contributed by atoms with E-state index in [2.05, 4.69) is 5.32 Å². The van der Waals surface area contributed by atoms with Gasteiger partial charge in [-0.05, 0) is 23.1 Å². The van der Waals surface area contributed by atoms with Crippen molar-refractivity contribution in [1.29, 1.82) is 0 Å². The lowest BCUT2D eigenvalue weighted by atomic mass is 10.1. The first kappa shape index (κ1) is 15.5. The molecular weight excluding hydrogens is 328 g/mol. The number of nitrogens with one attached hydrogen (secondary N) is 1. The highest BCUT2D eigenvalue weighted by molar-refractivity contribution is 7.17. The van der Waals surface area contributed by atoms with Crippen LogP contribution in [0.5, 0.6) is 0 Å². The Kier molecular flexibility index (Phi) is 4.55. The minimum Gasteiger partial charge on any atom is -0.366 e. The van der Waals surface area contributed by atoms with Crippen LogP contribution < -0.4 is 11.1 Å². The van der Waals surface area contributed by atoms with E-state index in [0.717, 1.165) is 10.4 Å². The van der Waals surface area contributed by atoms with E-state index in [0.29, 0.717) is 21.9 Å². The highest BCUT2D eigenvalue weighted by Crippen LogP contribution is 2.30. The molecule has 2 heterocycles. The molecule has 0 bridgehead atoms. The molecule has 3 N–H and O–H groups in total. The monoisotopic (exact) mass is 342 g/mol. The van der Waals surface area contributed by atoms with Crippen LogP contribution in [0, 0.1) is 0 Å². The largest absolute Gasteiger partial charge is 0.366 e. The van der Waals surface area contributed by atoms with Gasteiger partial charge in [-0.15, -0.1) is 22.7 Å². The molecule has 0 radical (unpaired) electrons. The van der Waals surface area contributed by atoms with Gasteiger partial charge < -0.3 is 11.1 Å². The van der Waals surface area contributed by atoms with E-state index < -0.39 is 5.91 Å². The number of amides is 2. The van der Waals surface area contributed by atoms with E-state index in [-0.39, 0.29) is 5.91 Å². The first-order valence-electron chi connectivity index (χ1n) is 6.95. The molecule has 0 unspecified atom stereocenters. The van der Waals surface area contributed by atoms with Crippen LogP contribution in [-0.2, 0) is 6.42 Å². The molecule has 1 aromatic carbocycles. The second kappa shape index (κ2) is 6.76.